The minimum absolute atomic E-state index is 0.0149. The van der Waals surface area contributed by atoms with Gasteiger partial charge in [-0.1, -0.05) is 135 Å². The summed E-state index contributed by atoms with van der Waals surface area (Å²) < 4.78 is 41.1. The van der Waals surface area contributed by atoms with E-state index in [0.29, 0.717) is 39.5 Å². The molecule has 0 radical (unpaired) electrons. The zero-order chi connectivity index (χ0) is 32.5. The third-order valence-corrected chi connectivity index (χ3v) is 9.60. The molecule has 0 N–H and O–H groups in total. The molecule has 6 atom stereocenters. The van der Waals surface area contributed by atoms with Crippen molar-refractivity contribution in [1.29, 1.82) is 0 Å². The summed E-state index contributed by atoms with van der Waals surface area (Å²) in [5.74, 6) is -1.04. The van der Waals surface area contributed by atoms with Crippen molar-refractivity contribution in [3.63, 3.8) is 0 Å². The van der Waals surface area contributed by atoms with Gasteiger partial charge in [-0.25, -0.2) is 0 Å². The Morgan fingerprint density at radius 3 is 1.49 bits per heavy atom. The van der Waals surface area contributed by atoms with E-state index in [-0.39, 0.29) is 11.5 Å². The number of benzene rings is 4. The van der Waals surface area contributed by atoms with Crippen molar-refractivity contribution >= 4 is 0 Å². The molecule has 0 aromatic heterocycles. The molecule has 2 aliphatic rings. The largest absolute Gasteiger partial charge is 0.374 e. The number of ether oxygens (including phenoxy) is 6. The molecule has 2 heterocycles. The molecular weight excluding hydrogens is 588 g/mol. The fourth-order valence-electron chi connectivity index (χ4n) is 6.43. The van der Waals surface area contributed by atoms with Crippen LogP contribution in [0, 0.1) is 5.41 Å². The van der Waals surface area contributed by atoms with E-state index >= 15 is 0 Å². The van der Waals surface area contributed by atoms with Gasteiger partial charge in [0.05, 0.1) is 39.1 Å². The lowest BCUT2D eigenvalue weighted by Crippen LogP contribution is -2.70. The highest BCUT2D eigenvalue weighted by molar-refractivity contribution is 5.17. The van der Waals surface area contributed by atoms with E-state index in [0.717, 1.165) is 28.7 Å². The smallest absolute Gasteiger partial charge is 0.198 e. The first-order valence-electron chi connectivity index (χ1n) is 16.9. The fraction of sp³-hybridized carbons (Fsp3) is 0.415. The van der Waals surface area contributed by atoms with Gasteiger partial charge in [0.2, 0.25) is 0 Å². The molecule has 0 aliphatic carbocycles. The van der Waals surface area contributed by atoms with Crippen LogP contribution in [0.3, 0.4) is 0 Å². The normalized spacial score (nSPS) is 27.1. The van der Waals surface area contributed by atoms with E-state index in [4.69, 9.17) is 28.4 Å². The van der Waals surface area contributed by atoms with Gasteiger partial charge in [-0.2, -0.15) is 0 Å². The van der Waals surface area contributed by atoms with E-state index < -0.39 is 30.2 Å². The molecule has 2 aliphatic heterocycles. The van der Waals surface area contributed by atoms with Crippen LogP contribution in [0.4, 0.5) is 0 Å². The molecule has 1 spiro atoms. The zero-order valence-corrected chi connectivity index (χ0v) is 27.8. The summed E-state index contributed by atoms with van der Waals surface area (Å²) in [5.41, 5.74) is 4.31. The van der Waals surface area contributed by atoms with Crippen LogP contribution in [0.2, 0.25) is 0 Å². The maximum absolute atomic E-state index is 7.12. The molecule has 0 amide bonds. The van der Waals surface area contributed by atoms with Gasteiger partial charge in [0.25, 0.3) is 0 Å². The average molecular weight is 637 g/mol. The Bertz CT molecular complexity index is 1480. The Hall–Kier alpha value is -3.36. The maximum atomic E-state index is 7.12. The molecule has 248 valence electrons. The minimum atomic E-state index is -1.04. The Labute approximate surface area is 279 Å². The van der Waals surface area contributed by atoms with Crippen LogP contribution in [-0.4, -0.2) is 42.9 Å². The predicted octanol–water partition coefficient (Wildman–Crippen LogP) is 8.28. The molecule has 6 rings (SSSR count). The number of rotatable bonds is 13. The molecule has 0 unspecified atom stereocenters. The Balaban J connectivity index is 1.35. The lowest BCUT2D eigenvalue weighted by atomic mass is 9.75. The molecule has 4 aromatic rings. The van der Waals surface area contributed by atoms with Gasteiger partial charge in [0, 0.05) is 6.42 Å². The standard InChI is InChI=1S/C41H48O6/c1-31-40(2,3)24-25-41(46-31)39(45-29-35-22-14-7-15-23-35)38(44-28-34-20-12-6-13-21-34)37(43-27-33-18-10-5-11-19-33)36(47-41)30-42-26-32-16-8-4-9-17-32/h4-23,31,36-39H,24-30H2,1-3H3/t31-,36+,37+,38-,39+,41+/m1/s1. The molecule has 2 fully saturated rings. The van der Waals surface area contributed by atoms with E-state index in [2.05, 4.69) is 69.3 Å². The molecule has 0 bridgehead atoms. The SMILES string of the molecule is C[C@H]1O[C@@]2(CCC1(C)C)O[C@@H](COCc1ccccc1)[C@H](OCc1ccccc1)[C@@H](OCc1ccccc1)[C@@H]2OCc1ccccc1. The topological polar surface area (TPSA) is 55.4 Å². The molecule has 6 nitrogen and oxygen atoms in total. The van der Waals surface area contributed by atoms with Crippen LogP contribution in [0.5, 0.6) is 0 Å². The fourth-order valence-corrected chi connectivity index (χ4v) is 6.43. The van der Waals surface area contributed by atoms with Crippen LogP contribution in [0.15, 0.2) is 121 Å². The first kappa shape index (κ1) is 33.5. The molecule has 4 aromatic carbocycles. The number of hydrogen-bond donors (Lipinski definition) is 0. The second-order valence-corrected chi connectivity index (χ2v) is 13.5. The number of hydrogen-bond acceptors (Lipinski definition) is 6. The van der Waals surface area contributed by atoms with Gasteiger partial charge in [0.1, 0.15) is 24.4 Å². The van der Waals surface area contributed by atoms with Crippen LogP contribution < -0.4 is 0 Å². The van der Waals surface area contributed by atoms with Gasteiger partial charge in [0.15, 0.2) is 5.79 Å². The second kappa shape index (κ2) is 15.7. The van der Waals surface area contributed by atoms with Gasteiger partial charge in [-0.3, -0.25) is 0 Å². The maximum Gasteiger partial charge on any atom is 0.198 e. The van der Waals surface area contributed by atoms with Crippen molar-refractivity contribution in [2.45, 2.75) is 96.3 Å². The van der Waals surface area contributed by atoms with Gasteiger partial charge < -0.3 is 28.4 Å². The summed E-state index contributed by atoms with van der Waals surface area (Å²) in [5, 5.41) is 0. The van der Waals surface area contributed by atoms with Crippen LogP contribution in [0.1, 0.15) is 55.9 Å². The summed E-state index contributed by atoms with van der Waals surface area (Å²) in [4.78, 5) is 0. The Morgan fingerprint density at radius 2 is 1.00 bits per heavy atom. The third kappa shape index (κ3) is 8.57. The van der Waals surface area contributed by atoms with Gasteiger partial charge >= 0.3 is 0 Å². The van der Waals surface area contributed by atoms with Crippen LogP contribution in [-0.2, 0) is 54.8 Å². The van der Waals surface area contributed by atoms with Crippen molar-refractivity contribution in [1.82, 2.24) is 0 Å². The van der Waals surface area contributed by atoms with Crippen molar-refractivity contribution in [3.05, 3.63) is 144 Å². The first-order chi connectivity index (χ1) is 22.9. The average Bonchev–Trinajstić information content (AvgIpc) is 3.10. The molecule has 0 saturated carbocycles. The summed E-state index contributed by atoms with van der Waals surface area (Å²) in [6.07, 6.45) is -0.510. The highest BCUT2D eigenvalue weighted by Crippen LogP contribution is 2.48. The summed E-state index contributed by atoms with van der Waals surface area (Å²) >= 11 is 0. The Kier molecular flexibility index (Phi) is 11.2. The second-order valence-electron chi connectivity index (χ2n) is 13.5. The minimum Gasteiger partial charge on any atom is -0.374 e. The molecule has 47 heavy (non-hydrogen) atoms. The van der Waals surface area contributed by atoms with Crippen molar-refractivity contribution in [2.24, 2.45) is 5.41 Å². The van der Waals surface area contributed by atoms with Gasteiger partial charge in [-0.05, 0) is 41.0 Å². The van der Waals surface area contributed by atoms with Crippen molar-refractivity contribution in [3.8, 4) is 0 Å². The summed E-state index contributed by atoms with van der Waals surface area (Å²) in [6.45, 7) is 8.61. The zero-order valence-electron chi connectivity index (χ0n) is 27.8. The lowest BCUT2D eigenvalue weighted by Gasteiger charge is -2.57. The Morgan fingerprint density at radius 1 is 0.553 bits per heavy atom. The molecular formula is C41H48O6. The first-order valence-corrected chi connectivity index (χ1v) is 16.9. The van der Waals surface area contributed by atoms with E-state index in [9.17, 15) is 0 Å². The van der Waals surface area contributed by atoms with E-state index in [1.165, 1.54) is 0 Å². The molecule has 2 saturated heterocycles. The third-order valence-electron chi connectivity index (χ3n) is 9.60. The van der Waals surface area contributed by atoms with Crippen molar-refractivity contribution < 1.29 is 28.4 Å². The molecule has 6 heteroatoms. The van der Waals surface area contributed by atoms with Gasteiger partial charge in [-0.15, -0.1) is 0 Å². The van der Waals surface area contributed by atoms with Crippen LogP contribution in [0.25, 0.3) is 0 Å². The summed E-state index contributed by atoms with van der Waals surface area (Å²) in [7, 11) is 0. The quantitative estimate of drug-likeness (QED) is 0.147. The van der Waals surface area contributed by atoms with Crippen molar-refractivity contribution in [2.75, 3.05) is 6.61 Å². The van der Waals surface area contributed by atoms with E-state index in [1.54, 1.807) is 0 Å². The summed E-state index contributed by atoms with van der Waals surface area (Å²) in [6, 6.07) is 40.9. The predicted molar refractivity (Wildman–Crippen MR) is 182 cm³/mol. The lowest BCUT2D eigenvalue weighted by molar-refractivity contribution is -0.410. The van der Waals surface area contributed by atoms with Crippen LogP contribution >= 0.6 is 0 Å². The monoisotopic (exact) mass is 636 g/mol. The van der Waals surface area contributed by atoms with E-state index in [1.807, 2.05) is 72.8 Å². The highest BCUT2D eigenvalue weighted by Gasteiger charge is 2.60. The highest BCUT2D eigenvalue weighted by atomic mass is 16.7.